The Labute approximate surface area is 123 Å². The van der Waals surface area contributed by atoms with Crippen LogP contribution in [0.1, 0.15) is 38.5 Å². The number of amides is 1. The van der Waals surface area contributed by atoms with Gasteiger partial charge in [-0.2, -0.15) is 0 Å². The lowest BCUT2D eigenvalue weighted by atomic mass is 9.71. The number of anilines is 1. The van der Waals surface area contributed by atoms with Gasteiger partial charge in [-0.3, -0.25) is 9.59 Å². The highest BCUT2D eigenvalue weighted by molar-refractivity contribution is 5.96. The van der Waals surface area contributed by atoms with Crippen molar-refractivity contribution < 1.29 is 19.1 Å². The Kier molecular flexibility index (Phi) is 4.60. The van der Waals surface area contributed by atoms with E-state index in [9.17, 15) is 19.1 Å². The van der Waals surface area contributed by atoms with Crippen molar-refractivity contribution in [2.24, 2.45) is 5.41 Å². The summed E-state index contributed by atoms with van der Waals surface area (Å²) in [6, 6.07) is 6.00. The SMILES string of the molecule is CN(C(=O)CC1(C(=O)O)CCCCC1)c1ccccc1F. The van der Waals surface area contributed by atoms with Crippen molar-refractivity contribution in [1.82, 2.24) is 0 Å². The molecule has 114 valence electrons. The first-order chi connectivity index (χ1) is 9.96. The summed E-state index contributed by atoms with van der Waals surface area (Å²) in [6.45, 7) is 0. The number of carbonyl (C=O) groups is 2. The zero-order valence-electron chi connectivity index (χ0n) is 12.1. The molecule has 0 radical (unpaired) electrons. The Morgan fingerprint density at radius 2 is 1.86 bits per heavy atom. The Balaban J connectivity index is 2.16. The summed E-state index contributed by atoms with van der Waals surface area (Å²) < 4.78 is 13.7. The summed E-state index contributed by atoms with van der Waals surface area (Å²) >= 11 is 0. The highest BCUT2D eigenvalue weighted by Gasteiger charge is 2.42. The molecule has 0 aromatic heterocycles. The quantitative estimate of drug-likeness (QED) is 0.927. The third kappa shape index (κ3) is 3.23. The normalized spacial score (nSPS) is 17.2. The molecule has 1 aliphatic rings. The highest BCUT2D eigenvalue weighted by Crippen LogP contribution is 2.40. The smallest absolute Gasteiger partial charge is 0.310 e. The van der Waals surface area contributed by atoms with Crippen molar-refractivity contribution in [2.75, 3.05) is 11.9 Å². The minimum Gasteiger partial charge on any atom is -0.481 e. The van der Waals surface area contributed by atoms with Crippen LogP contribution in [0.5, 0.6) is 0 Å². The standard InChI is InChI=1S/C16H20FNO3/c1-18(13-8-4-3-7-12(13)17)14(19)11-16(15(20)21)9-5-2-6-10-16/h3-4,7-8H,2,5-6,9-11H2,1H3,(H,20,21). The van der Waals surface area contributed by atoms with Gasteiger partial charge in [0.15, 0.2) is 0 Å². The van der Waals surface area contributed by atoms with Crippen LogP contribution in [0.3, 0.4) is 0 Å². The van der Waals surface area contributed by atoms with Crippen LogP contribution in [0.4, 0.5) is 10.1 Å². The first-order valence-corrected chi connectivity index (χ1v) is 7.21. The molecule has 1 amide bonds. The van der Waals surface area contributed by atoms with E-state index in [4.69, 9.17) is 0 Å². The number of carboxylic acids is 1. The van der Waals surface area contributed by atoms with E-state index in [0.717, 1.165) is 19.3 Å². The summed E-state index contributed by atoms with van der Waals surface area (Å²) in [6.07, 6.45) is 3.60. The molecule has 0 atom stereocenters. The number of carbonyl (C=O) groups excluding carboxylic acids is 1. The summed E-state index contributed by atoms with van der Waals surface area (Å²) in [5.74, 6) is -1.76. The number of hydrogen-bond donors (Lipinski definition) is 1. The molecule has 21 heavy (non-hydrogen) atoms. The van der Waals surface area contributed by atoms with Crippen molar-refractivity contribution in [1.29, 1.82) is 0 Å². The molecule has 0 saturated heterocycles. The number of rotatable bonds is 4. The average Bonchev–Trinajstić information content (AvgIpc) is 2.47. The van der Waals surface area contributed by atoms with Crippen LogP contribution < -0.4 is 4.90 Å². The van der Waals surface area contributed by atoms with E-state index >= 15 is 0 Å². The topological polar surface area (TPSA) is 57.6 Å². The van der Waals surface area contributed by atoms with E-state index in [-0.39, 0.29) is 18.0 Å². The first-order valence-electron chi connectivity index (χ1n) is 7.21. The lowest BCUT2D eigenvalue weighted by Crippen LogP contribution is -2.40. The fourth-order valence-electron chi connectivity index (χ4n) is 2.96. The average molecular weight is 293 g/mol. The van der Waals surface area contributed by atoms with Gasteiger partial charge in [-0.25, -0.2) is 4.39 Å². The molecular formula is C16H20FNO3. The van der Waals surface area contributed by atoms with Crippen LogP contribution in [-0.4, -0.2) is 24.0 Å². The zero-order valence-corrected chi connectivity index (χ0v) is 12.1. The van der Waals surface area contributed by atoms with Gasteiger partial charge in [-0.15, -0.1) is 0 Å². The van der Waals surface area contributed by atoms with Gasteiger partial charge in [0, 0.05) is 13.5 Å². The Morgan fingerprint density at radius 3 is 2.43 bits per heavy atom. The first kappa shape index (κ1) is 15.5. The van der Waals surface area contributed by atoms with Gasteiger partial charge in [-0.1, -0.05) is 31.4 Å². The Bertz CT molecular complexity index is 538. The van der Waals surface area contributed by atoms with Crippen molar-refractivity contribution >= 4 is 17.6 Å². The molecule has 0 aliphatic heterocycles. The number of halogens is 1. The van der Waals surface area contributed by atoms with Crippen LogP contribution in [0, 0.1) is 11.2 Å². The maximum Gasteiger partial charge on any atom is 0.310 e. The number of aliphatic carboxylic acids is 1. The van der Waals surface area contributed by atoms with Crippen molar-refractivity contribution in [3.05, 3.63) is 30.1 Å². The summed E-state index contributed by atoms with van der Waals surface area (Å²) in [5.41, 5.74) is -0.812. The van der Waals surface area contributed by atoms with E-state index in [1.54, 1.807) is 12.1 Å². The fraction of sp³-hybridized carbons (Fsp3) is 0.500. The number of benzene rings is 1. The van der Waals surface area contributed by atoms with Gasteiger partial charge in [0.2, 0.25) is 5.91 Å². The molecule has 1 N–H and O–H groups in total. The molecule has 1 aromatic rings. The van der Waals surface area contributed by atoms with Crippen LogP contribution in [0.15, 0.2) is 24.3 Å². The monoisotopic (exact) mass is 293 g/mol. The molecule has 0 bridgehead atoms. The van der Waals surface area contributed by atoms with Crippen LogP contribution >= 0.6 is 0 Å². The maximum atomic E-state index is 13.7. The third-order valence-electron chi connectivity index (χ3n) is 4.34. The Morgan fingerprint density at radius 1 is 1.24 bits per heavy atom. The van der Waals surface area contributed by atoms with E-state index in [0.29, 0.717) is 12.8 Å². The summed E-state index contributed by atoms with van der Waals surface area (Å²) in [7, 11) is 1.49. The second-order valence-electron chi connectivity index (χ2n) is 5.73. The lowest BCUT2D eigenvalue weighted by molar-refractivity contribution is -0.153. The molecule has 2 rings (SSSR count). The molecule has 4 nitrogen and oxygen atoms in total. The van der Waals surface area contributed by atoms with E-state index in [1.165, 1.54) is 24.1 Å². The van der Waals surface area contributed by atoms with Gasteiger partial charge in [0.25, 0.3) is 0 Å². The largest absolute Gasteiger partial charge is 0.481 e. The molecule has 1 aliphatic carbocycles. The minimum atomic E-state index is -0.991. The van der Waals surface area contributed by atoms with Crippen molar-refractivity contribution in [3.63, 3.8) is 0 Å². The van der Waals surface area contributed by atoms with E-state index < -0.39 is 17.2 Å². The lowest BCUT2D eigenvalue weighted by Gasteiger charge is -2.33. The molecule has 1 fully saturated rings. The van der Waals surface area contributed by atoms with Gasteiger partial charge >= 0.3 is 5.97 Å². The second-order valence-corrected chi connectivity index (χ2v) is 5.73. The molecular weight excluding hydrogens is 273 g/mol. The second kappa shape index (κ2) is 6.24. The van der Waals surface area contributed by atoms with E-state index in [2.05, 4.69) is 0 Å². The van der Waals surface area contributed by atoms with Crippen molar-refractivity contribution in [2.45, 2.75) is 38.5 Å². The van der Waals surface area contributed by atoms with E-state index in [1.807, 2.05) is 0 Å². The summed E-state index contributed by atoms with van der Waals surface area (Å²) in [5, 5.41) is 9.50. The zero-order chi connectivity index (χ0) is 15.5. The minimum absolute atomic E-state index is 0.0762. The molecule has 1 aromatic carbocycles. The molecule has 0 unspecified atom stereocenters. The van der Waals surface area contributed by atoms with Crippen LogP contribution in [0.2, 0.25) is 0 Å². The summed E-state index contributed by atoms with van der Waals surface area (Å²) in [4.78, 5) is 25.2. The molecule has 0 heterocycles. The van der Waals surface area contributed by atoms with Crippen LogP contribution in [0.25, 0.3) is 0 Å². The molecule has 5 heteroatoms. The Hall–Kier alpha value is -1.91. The fourth-order valence-corrected chi connectivity index (χ4v) is 2.96. The van der Waals surface area contributed by atoms with Gasteiger partial charge in [-0.05, 0) is 25.0 Å². The number of para-hydroxylation sites is 1. The van der Waals surface area contributed by atoms with Crippen molar-refractivity contribution in [3.8, 4) is 0 Å². The predicted octanol–water partition coefficient (Wildman–Crippen LogP) is 3.21. The number of carboxylic acid groups (broad SMARTS) is 1. The van der Waals surface area contributed by atoms with Gasteiger partial charge < -0.3 is 10.0 Å². The molecule has 0 spiro atoms. The van der Waals surface area contributed by atoms with Gasteiger partial charge in [0.05, 0.1) is 11.1 Å². The van der Waals surface area contributed by atoms with Crippen LogP contribution in [-0.2, 0) is 9.59 Å². The third-order valence-corrected chi connectivity index (χ3v) is 4.34. The maximum absolute atomic E-state index is 13.7. The predicted molar refractivity (Wildman–Crippen MR) is 77.6 cm³/mol. The van der Waals surface area contributed by atoms with Gasteiger partial charge in [0.1, 0.15) is 5.82 Å². The number of hydrogen-bond acceptors (Lipinski definition) is 2. The number of nitrogens with zero attached hydrogens (tertiary/aromatic N) is 1. The molecule has 1 saturated carbocycles. The highest BCUT2D eigenvalue weighted by atomic mass is 19.1.